The molecule has 5 heteroatoms. The molecule has 0 bridgehead atoms. The monoisotopic (exact) mass is 210 g/mol. The van der Waals surface area contributed by atoms with Gasteiger partial charge in [-0.1, -0.05) is 6.58 Å². The molecule has 0 saturated carbocycles. The van der Waals surface area contributed by atoms with Crippen LogP contribution in [0.2, 0.25) is 0 Å². The lowest BCUT2D eigenvalue weighted by Crippen LogP contribution is -2.32. The molecule has 0 atom stereocenters. The Balaban J connectivity index is 2.28. The van der Waals surface area contributed by atoms with Crippen LogP contribution in [0.4, 0.5) is 0 Å². The van der Waals surface area contributed by atoms with Crippen molar-refractivity contribution >= 4 is 11.8 Å². The molecule has 0 aromatic rings. The maximum atomic E-state index is 11.1. The summed E-state index contributed by atoms with van der Waals surface area (Å²) in [6, 6.07) is 0. The molecule has 82 valence electrons. The van der Waals surface area contributed by atoms with E-state index in [0.717, 1.165) is 4.90 Å². The van der Waals surface area contributed by atoms with Crippen LogP contribution >= 0.6 is 0 Å². The zero-order valence-corrected chi connectivity index (χ0v) is 8.40. The molecule has 15 heavy (non-hydrogen) atoms. The SMILES string of the molecule is C=C(CCN1C(=O)C=CC1=O)NCCO. The van der Waals surface area contributed by atoms with Gasteiger partial charge in [-0.25, -0.2) is 0 Å². The molecule has 0 unspecified atom stereocenters. The maximum absolute atomic E-state index is 11.1. The average Bonchev–Trinajstić information content (AvgIpc) is 2.53. The first-order valence-electron chi connectivity index (χ1n) is 4.71. The van der Waals surface area contributed by atoms with E-state index in [1.165, 1.54) is 12.2 Å². The van der Waals surface area contributed by atoms with Gasteiger partial charge >= 0.3 is 0 Å². The first kappa shape index (κ1) is 11.5. The molecule has 1 rings (SSSR count). The topological polar surface area (TPSA) is 69.6 Å². The third-order valence-corrected chi connectivity index (χ3v) is 2.02. The van der Waals surface area contributed by atoms with Crippen molar-refractivity contribution < 1.29 is 14.7 Å². The molecule has 1 aliphatic heterocycles. The summed E-state index contributed by atoms with van der Waals surface area (Å²) >= 11 is 0. The van der Waals surface area contributed by atoms with Crippen LogP contribution in [-0.4, -0.2) is 41.5 Å². The quantitative estimate of drug-likeness (QED) is 0.574. The number of hydrogen-bond donors (Lipinski definition) is 2. The smallest absolute Gasteiger partial charge is 0.253 e. The summed E-state index contributed by atoms with van der Waals surface area (Å²) in [4.78, 5) is 23.4. The highest BCUT2D eigenvalue weighted by molar-refractivity contribution is 6.12. The zero-order chi connectivity index (χ0) is 11.3. The summed E-state index contributed by atoms with van der Waals surface area (Å²) in [7, 11) is 0. The van der Waals surface area contributed by atoms with Gasteiger partial charge in [0.25, 0.3) is 11.8 Å². The van der Waals surface area contributed by atoms with E-state index in [1.54, 1.807) is 0 Å². The molecule has 0 saturated heterocycles. The van der Waals surface area contributed by atoms with Crippen molar-refractivity contribution in [1.82, 2.24) is 10.2 Å². The Bertz CT molecular complexity index is 292. The van der Waals surface area contributed by atoms with Crippen LogP contribution < -0.4 is 5.32 Å². The van der Waals surface area contributed by atoms with Gasteiger partial charge in [0.15, 0.2) is 0 Å². The number of nitrogens with one attached hydrogen (secondary N) is 1. The standard InChI is InChI=1S/C10H14N2O3/c1-8(11-5-7-13)4-6-12-9(14)2-3-10(12)15/h2-3,11,13H,1,4-7H2. The van der Waals surface area contributed by atoms with E-state index in [4.69, 9.17) is 5.11 Å². The fourth-order valence-electron chi connectivity index (χ4n) is 1.22. The van der Waals surface area contributed by atoms with Crippen molar-refractivity contribution in [3.63, 3.8) is 0 Å². The van der Waals surface area contributed by atoms with Crippen molar-refractivity contribution in [2.75, 3.05) is 19.7 Å². The predicted octanol–water partition coefficient (Wildman–Crippen LogP) is -0.603. The molecule has 0 fully saturated rings. The third kappa shape index (κ3) is 3.21. The fraction of sp³-hybridized carbons (Fsp3) is 0.400. The Kier molecular flexibility index (Phi) is 4.05. The van der Waals surface area contributed by atoms with Crippen LogP contribution in [-0.2, 0) is 9.59 Å². The number of imide groups is 1. The lowest BCUT2D eigenvalue weighted by Gasteiger charge is -2.15. The minimum atomic E-state index is -0.282. The van der Waals surface area contributed by atoms with Gasteiger partial charge in [0, 0.05) is 37.4 Å². The van der Waals surface area contributed by atoms with E-state index in [0.29, 0.717) is 25.2 Å². The average molecular weight is 210 g/mol. The Morgan fingerprint density at radius 3 is 2.53 bits per heavy atom. The minimum absolute atomic E-state index is 0.0299. The lowest BCUT2D eigenvalue weighted by molar-refractivity contribution is -0.136. The van der Waals surface area contributed by atoms with Gasteiger partial charge in [-0.15, -0.1) is 0 Å². The second-order valence-corrected chi connectivity index (χ2v) is 3.17. The highest BCUT2D eigenvalue weighted by Crippen LogP contribution is 2.06. The van der Waals surface area contributed by atoms with Gasteiger partial charge in [-0.05, 0) is 0 Å². The van der Waals surface area contributed by atoms with E-state index in [2.05, 4.69) is 11.9 Å². The molecule has 0 aromatic heterocycles. The number of carbonyl (C=O) groups excluding carboxylic acids is 2. The van der Waals surface area contributed by atoms with Gasteiger partial charge in [0.2, 0.25) is 0 Å². The van der Waals surface area contributed by atoms with Crippen molar-refractivity contribution in [1.29, 1.82) is 0 Å². The maximum Gasteiger partial charge on any atom is 0.253 e. The molecule has 2 N–H and O–H groups in total. The summed E-state index contributed by atoms with van der Waals surface area (Å²) in [6.07, 6.45) is 3.01. The van der Waals surface area contributed by atoms with Gasteiger partial charge in [-0.2, -0.15) is 0 Å². The number of aliphatic hydroxyl groups is 1. The third-order valence-electron chi connectivity index (χ3n) is 2.02. The number of hydrogen-bond acceptors (Lipinski definition) is 4. The molecular weight excluding hydrogens is 196 g/mol. The molecule has 0 aromatic carbocycles. The minimum Gasteiger partial charge on any atom is -0.395 e. The summed E-state index contributed by atoms with van der Waals surface area (Å²) in [5.74, 6) is -0.565. The van der Waals surface area contributed by atoms with E-state index < -0.39 is 0 Å². The number of amides is 2. The van der Waals surface area contributed by atoms with Gasteiger partial charge in [0.05, 0.1) is 6.61 Å². The molecule has 1 aliphatic rings. The van der Waals surface area contributed by atoms with E-state index in [9.17, 15) is 9.59 Å². The lowest BCUT2D eigenvalue weighted by atomic mass is 10.3. The fourth-order valence-corrected chi connectivity index (χ4v) is 1.22. The van der Waals surface area contributed by atoms with Crippen LogP contribution in [0.25, 0.3) is 0 Å². The van der Waals surface area contributed by atoms with E-state index >= 15 is 0 Å². The van der Waals surface area contributed by atoms with Crippen molar-refractivity contribution in [3.05, 3.63) is 24.4 Å². The molecule has 1 heterocycles. The summed E-state index contributed by atoms with van der Waals surface area (Å²) < 4.78 is 0. The highest BCUT2D eigenvalue weighted by atomic mass is 16.3. The van der Waals surface area contributed by atoms with Crippen molar-refractivity contribution in [3.8, 4) is 0 Å². The molecule has 2 amide bonds. The van der Waals surface area contributed by atoms with Crippen LogP contribution in [0.5, 0.6) is 0 Å². The van der Waals surface area contributed by atoms with Crippen molar-refractivity contribution in [2.24, 2.45) is 0 Å². The summed E-state index contributed by atoms with van der Waals surface area (Å²) in [5, 5.41) is 11.4. The zero-order valence-electron chi connectivity index (χ0n) is 8.40. The predicted molar refractivity (Wildman–Crippen MR) is 54.7 cm³/mol. The number of nitrogens with zero attached hydrogens (tertiary/aromatic N) is 1. The van der Waals surface area contributed by atoms with Crippen LogP contribution in [0.3, 0.4) is 0 Å². The number of carbonyl (C=O) groups is 2. The highest BCUT2D eigenvalue weighted by Gasteiger charge is 2.22. The Morgan fingerprint density at radius 2 is 2.00 bits per heavy atom. The molecule has 0 spiro atoms. The largest absolute Gasteiger partial charge is 0.395 e. The molecular formula is C10H14N2O3. The molecule has 0 radical (unpaired) electrons. The first-order valence-corrected chi connectivity index (χ1v) is 4.71. The van der Waals surface area contributed by atoms with Crippen LogP contribution in [0.1, 0.15) is 6.42 Å². The number of aliphatic hydroxyl groups excluding tert-OH is 1. The molecule has 0 aliphatic carbocycles. The van der Waals surface area contributed by atoms with Crippen LogP contribution in [0.15, 0.2) is 24.4 Å². The van der Waals surface area contributed by atoms with Crippen LogP contribution in [0, 0.1) is 0 Å². The molecule has 5 nitrogen and oxygen atoms in total. The summed E-state index contributed by atoms with van der Waals surface area (Å²) in [6.45, 7) is 4.49. The van der Waals surface area contributed by atoms with Gasteiger partial charge < -0.3 is 10.4 Å². The Morgan fingerprint density at radius 1 is 1.40 bits per heavy atom. The normalized spacial score (nSPS) is 14.9. The van der Waals surface area contributed by atoms with E-state index in [-0.39, 0.29) is 18.4 Å². The van der Waals surface area contributed by atoms with Gasteiger partial charge in [0.1, 0.15) is 0 Å². The van der Waals surface area contributed by atoms with Crippen molar-refractivity contribution in [2.45, 2.75) is 6.42 Å². The van der Waals surface area contributed by atoms with Gasteiger partial charge in [-0.3, -0.25) is 14.5 Å². The summed E-state index contributed by atoms with van der Waals surface area (Å²) in [5.41, 5.74) is 0.705. The first-order chi connectivity index (χ1) is 7.15. The second-order valence-electron chi connectivity index (χ2n) is 3.17. The Labute approximate surface area is 88.1 Å². The number of rotatable bonds is 6. The second kappa shape index (κ2) is 5.31. The Hall–Kier alpha value is -1.62. The van der Waals surface area contributed by atoms with E-state index in [1.807, 2.05) is 0 Å².